The molecule has 0 unspecified atom stereocenters. The summed E-state index contributed by atoms with van der Waals surface area (Å²) >= 11 is 1.28. The largest absolute Gasteiger partial charge is 0.302 e. The van der Waals surface area contributed by atoms with Gasteiger partial charge in [-0.3, -0.25) is 9.69 Å². The Hall–Kier alpha value is -2.05. The topological polar surface area (TPSA) is 105 Å². The fourth-order valence-electron chi connectivity index (χ4n) is 3.56. The fourth-order valence-corrected chi connectivity index (χ4v) is 6.12. The first kappa shape index (κ1) is 29.2. The Morgan fingerprint density at radius 2 is 1.54 bits per heavy atom. The molecule has 0 N–H and O–H groups in total. The van der Waals surface area contributed by atoms with Crippen LogP contribution in [-0.2, 0) is 30.9 Å². The van der Waals surface area contributed by atoms with Gasteiger partial charge in [0.15, 0.2) is 24.8 Å². The number of rotatable bonds is 10. The van der Waals surface area contributed by atoms with E-state index in [1.807, 2.05) is 0 Å². The molecule has 0 aliphatic heterocycles. The van der Waals surface area contributed by atoms with Crippen molar-refractivity contribution in [2.45, 2.75) is 30.1 Å². The minimum atomic E-state index is -3.48. The zero-order chi connectivity index (χ0) is 25.1. The second-order valence-electron chi connectivity index (χ2n) is 8.04. The highest BCUT2D eigenvalue weighted by Gasteiger charge is 2.23. The molecule has 0 spiro atoms. The third-order valence-electron chi connectivity index (χ3n) is 5.54. The van der Waals surface area contributed by atoms with Gasteiger partial charge in [-0.15, -0.1) is 12.4 Å². The Morgan fingerprint density at radius 1 is 0.914 bits per heavy atom. The Labute approximate surface area is 217 Å². The van der Waals surface area contributed by atoms with Crippen LogP contribution in [0.3, 0.4) is 0 Å². The van der Waals surface area contributed by atoms with Gasteiger partial charge in [-0.2, -0.15) is 0 Å². The molecule has 1 heterocycles. The molecule has 0 saturated heterocycles. The number of hydrogen-bond acceptors (Lipinski definition) is 8. The molecule has 192 valence electrons. The summed E-state index contributed by atoms with van der Waals surface area (Å²) in [6.07, 6.45) is 2.35. The number of hydrogen-bond donors (Lipinski definition) is 0. The molecular weight excluding hydrogens is 530 g/mol. The van der Waals surface area contributed by atoms with Gasteiger partial charge in [-0.25, -0.2) is 21.8 Å². The summed E-state index contributed by atoms with van der Waals surface area (Å²) in [7, 11) is -6.80. The number of anilines is 1. The van der Waals surface area contributed by atoms with Crippen molar-refractivity contribution >= 4 is 64.7 Å². The van der Waals surface area contributed by atoms with Gasteiger partial charge in [-0.1, -0.05) is 43.4 Å². The second-order valence-corrected chi connectivity index (χ2v) is 13.0. The number of sulfone groups is 2. The molecule has 0 bridgehead atoms. The normalized spacial score (nSPS) is 12.0. The first-order valence-electron chi connectivity index (χ1n) is 10.8. The van der Waals surface area contributed by atoms with E-state index in [0.717, 1.165) is 25.6 Å². The molecule has 2 aromatic carbocycles. The smallest absolute Gasteiger partial charge is 0.233 e. The van der Waals surface area contributed by atoms with Crippen LogP contribution in [0.4, 0.5) is 5.13 Å². The van der Waals surface area contributed by atoms with Crippen LogP contribution in [-0.4, -0.2) is 71.3 Å². The molecule has 0 fully saturated rings. The van der Waals surface area contributed by atoms with Crippen LogP contribution in [0.1, 0.15) is 19.4 Å². The Morgan fingerprint density at radius 3 is 2.09 bits per heavy atom. The second kappa shape index (κ2) is 11.8. The number of carbonyl (C=O) groups excluding carboxylic acids is 1. The lowest BCUT2D eigenvalue weighted by Crippen LogP contribution is -2.39. The predicted molar refractivity (Wildman–Crippen MR) is 143 cm³/mol. The fraction of sp³-hybridized carbons (Fsp3) is 0.391. The summed E-state index contributed by atoms with van der Waals surface area (Å²) in [5, 5.41) is 0.441. The van der Waals surface area contributed by atoms with Crippen molar-refractivity contribution in [2.24, 2.45) is 0 Å². The van der Waals surface area contributed by atoms with Crippen LogP contribution in [0.15, 0.2) is 52.3 Å². The average molecular weight is 560 g/mol. The molecular formula is C23H30ClN3O5S3. The van der Waals surface area contributed by atoms with Crippen molar-refractivity contribution in [2.75, 3.05) is 43.6 Å². The van der Waals surface area contributed by atoms with Gasteiger partial charge in [0.05, 0.1) is 20.9 Å². The van der Waals surface area contributed by atoms with Gasteiger partial charge in [0.2, 0.25) is 5.91 Å². The van der Waals surface area contributed by atoms with Crippen molar-refractivity contribution in [3.05, 3.63) is 48.0 Å². The molecule has 0 radical (unpaired) electrons. The third-order valence-corrected chi connectivity index (χ3v) is 8.84. The van der Waals surface area contributed by atoms with E-state index in [1.165, 1.54) is 29.5 Å². The lowest BCUT2D eigenvalue weighted by molar-refractivity contribution is -0.118. The average Bonchev–Trinajstić information content (AvgIpc) is 3.19. The van der Waals surface area contributed by atoms with E-state index in [1.54, 1.807) is 29.2 Å². The van der Waals surface area contributed by atoms with E-state index in [4.69, 9.17) is 0 Å². The van der Waals surface area contributed by atoms with E-state index in [9.17, 15) is 21.6 Å². The van der Waals surface area contributed by atoms with E-state index >= 15 is 0 Å². The van der Waals surface area contributed by atoms with Crippen LogP contribution < -0.4 is 4.90 Å². The number of aromatic nitrogens is 1. The number of likely N-dealkylation sites (N-methyl/N-ethyl adjacent to an activating group) is 1. The number of nitrogens with zero attached hydrogens (tertiary/aromatic N) is 3. The molecule has 1 amide bonds. The van der Waals surface area contributed by atoms with Crippen LogP contribution >= 0.6 is 23.7 Å². The van der Waals surface area contributed by atoms with Crippen LogP contribution in [0.5, 0.6) is 0 Å². The lowest BCUT2D eigenvalue weighted by atomic mass is 10.1. The lowest BCUT2D eigenvalue weighted by Gasteiger charge is -2.24. The number of para-hydroxylation sites is 1. The van der Waals surface area contributed by atoms with Gasteiger partial charge in [0.1, 0.15) is 5.52 Å². The number of benzene rings is 2. The summed E-state index contributed by atoms with van der Waals surface area (Å²) in [4.78, 5) is 22.1. The molecule has 1 aromatic heterocycles. The zero-order valence-electron chi connectivity index (χ0n) is 20.1. The van der Waals surface area contributed by atoms with Crippen molar-refractivity contribution in [3.8, 4) is 0 Å². The van der Waals surface area contributed by atoms with Crippen molar-refractivity contribution in [1.82, 2.24) is 9.88 Å². The number of thiazole rings is 1. The van der Waals surface area contributed by atoms with Gasteiger partial charge < -0.3 is 4.90 Å². The van der Waals surface area contributed by atoms with Crippen LogP contribution in [0.25, 0.3) is 10.2 Å². The van der Waals surface area contributed by atoms with E-state index < -0.39 is 19.7 Å². The van der Waals surface area contributed by atoms with Gasteiger partial charge in [-0.05, 0) is 42.9 Å². The molecule has 0 saturated carbocycles. The van der Waals surface area contributed by atoms with Gasteiger partial charge in [0.25, 0.3) is 0 Å². The van der Waals surface area contributed by atoms with Crippen molar-refractivity contribution in [3.63, 3.8) is 0 Å². The standard InChI is InChI=1S/C23H29N3O5S3.ClH/c1-5-25(6-2)14-15-26(21(27)16-17-10-12-18(13-11-17)33(3,28)29)23-24-22-19(32-23)8-7-9-20(22)34(4,30)31;/h7-13H,5-6,14-16H2,1-4H3;1H. The van der Waals surface area contributed by atoms with E-state index in [2.05, 4.69) is 23.7 Å². The summed E-state index contributed by atoms with van der Waals surface area (Å²) in [5.74, 6) is -0.195. The monoisotopic (exact) mass is 559 g/mol. The first-order chi connectivity index (χ1) is 15.9. The van der Waals surface area contributed by atoms with Crippen molar-refractivity contribution < 1.29 is 21.6 Å². The SMILES string of the molecule is CCN(CC)CCN(C(=O)Cc1ccc(S(C)(=O)=O)cc1)c1nc2c(S(C)(=O)=O)cccc2s1.Cl. The molecule has 12 heteroatoms. The highest BCUT2D eigenvalue weighted by atomic mass is 35.5. The number of amides is 1. The maximum absolute atomic E-state index is 13.4. The molecule has 3 aromatic rings. The summed E-state index contributed by atoms with van der Waals surface area (Å²) in [6, 6.07) is 11.2. The van der Waals surface area contributed by atoms with E-state index in [0.29, 0.717) is 34.0 Å². The number of carbonyl (C=O) groups is 1. The Balaban J connectivity index is 0.00000432. The number of halogens is 1. The van der Waals surface area contributed by atoms with Gasteiger partial charge >= 0.3 is 0 Å². The molecule has 35 heavy (non-hydrogen) atoms. The highest BCUT2D eigenvalue weighted by molar-refractivity contribution is 7.91. The summed E-state index contributed by atoms with van der Waals surface area (Å²) in [6.45, 7) is 6.81. The zero-order valence-corrected chi connectivity index (χ0v) is 23.4. The number of fused-ring (bicyclic) bond motifs is 1. The van der Waals surface area contributed by atoms with Crippen LogP contribution in [0.2, 0.25) is 0 Å². The van der Waals surface area contributed by atoms with Gasteiger partial charge in [0, 0.05) is 25.6 Å². The molecule has 8 nitrogen and oxygen atoms in total. The predicted octanol–water partition coefficient (Wildman–Crippen LogP) is 3.44. The van der Waals surface area contributed by atoms with Crippen molar-refractivity contribution in [1.29, 1.82) is 0 Å². The molecule has 3 rings (SSSR count). The maximum atomic E-state index is 13.4. The molecule has 0 aliphatic carbocycles. The summed E-state index contributed by atoms with van der Waals surface area (Å²) in [5.41, 5.74) is 1.05. The van der Waals surface area contributed by atoms with Crippen LogP contribution in [0, 0.1) is 0 Å². The quantitative estimate of drug-likeness (QED) is 0.374. The Bertz CT molecular complexity index is 1380. The maximum Gasteiger partial charge on any atom is 0.233 e. The molecule has 0 atom stereocenters. The van der Waals surface area contributed by atoms with E-state index in [-0.39, 0.29) is 34.5 Å². The third kappa shape index (κ3) is 7.23. The first-order valence-corrected chi connectivity index (χ1v) is 15.4. The minimum Gasteiger partial charge on any atom is -0.302 e. The summed E-state index contributed by atoms with van der Waals surface area (Å²) < 4.78 is 48.6. The Kier molecular flexibility index (Phi) is 9.83. The minimum absolute atomic E-state index is 0. The molecule has 0 aliphatic rings. The highest BCUT2D eigenvalue weighted by Crippen LogP contribution is 2.33.